The molecule has 0 heterocycles. The van der Waals surface area contributed by atoms with Crippen LogP contribution in [0.25, 0.3) is 10.8 Å². The van der Waals surface area contributed by atoms with Crippen molar-refractivity contribution in [1.29, 1.82) is 0 Å². The Hall–Kier alpha value is -1.83. The largest absolute Gasteiger partial charge is 0.355 e. The molecule has 132 valence electrons. The van der Waals surface area contributed by atoms with Crippen LogP contribution in [0.3, 0.4) is 0 Å². The highest BCUT2D eigenvalue weighted by molar-refractivity contribution is 5.91. The predicted octanol–water partition coefficient (Wildman–Crippen LogP) is 5.13. The molecule has 1 saturated carbocycles. The van der Waals surface area contributed by atoms with Crippen molar-refractivity contribution in [3.63, 3.8) is 0 Å². The van der Waals surface area contributed by atoms with E-state index in [4.69, 9.17) is 0 Å². The minimum absolute atomic E-state index is 0.257. The van der Waals surface area contributed by atoms with Gasteiger partial charge in [-0.25, -0.2) is 0 Å². The standard InChI is InChI=1S/C23H29NO/c1-2-16-11-12-17-9-6-10-20-19(13-14-21(16)22(17)20)15-24-23(25)18-7-4-3-5-8-18/h6,9-12,18-19H,2-5,7-8,13-15H2,1H3,(H,24,25). The molecule has 0 spiro atoms. The maximum absolute atomic E-state index is 12.5. The third-order valence-electron chi connectivity index (χ3n) is 6.34. The molecule has 1 unspecified atom stereocenters. The van der Waals surface area contributed by atoms with Crippen LogP contribution in [0.1, 0.15) is 68.1 Å². The highest BCUT2D eigenvalue weighted by Gasteiger charge is 2.25. The first-order valence-electron chi connectivity index (χ1n) is 10.1. The highest BCUT2D eigenvalue weighted by Crippen LogP contribution is 2.38. The molecule has 0 bridgehead atoms. The van der Waals surface area contributed by atoms with Crippen molar-refractivity contribution in [3.05, 3.63) is 47.0 Å². The summed E-state index contributed by atoms with van der Waals surface area (Å²) in [4.78, 5) is 12.5. The fourth-order valence-electron chi connectivity index (χ4n) is 4.90. The van der Waals surface area contributed by atoms with Gasteiger partial charge in [-0.3, -0.25) is 4.79 Å². The van der Waals surface area contributed by atoms with Crippen molar-refractivity contribution in [2.45, 2.75) is 64.2 Å². The molecule has 1 amide bonds. The van der Waals surface area contributed by atoms with Crippen molar-refractivity contribution in [1.82, 2.24) is 5.32 Å². The number of amides is 1. The minimum Gasteiger partial charge on any atom is -0.355 e. The first kappa shape index (κ1) is 16.6. The van der Waals surface area contributed by atoms with Gasteiger partial charge in [0.2, 0.25) is 5.91 Å². The Balaban J connectivity index is 1.55. The fourth-order valence-corrected chi connectivity index (χ4v) is 4.90. The molecule has 0 saturated heterocycles. The van der Waals surface area contributed by atoms with Gasteiger partial charge in [0, 0.05) is 18.4 Å². The number of hydrogen-bond acceptors (Lipinski definition) is 1. The second-order valence-electron chi connectivity index (χ2n) is 7.82. The lowest BCUT2D eigenvalue weighted by molar-refractivity contribution is -0.126. The van der Waals surface area contributed by atoms with Crippen LogP contribution in [0.4, 0.5) is 0 Å². The summed E-state index contributed by atoms with van der Waals surface area (Å²) >= 11 is 0. The number of hydrogen-bond donors (Lipinski definition) is 1. The van der Waals surface area contributed by atoms with E-state index in [2.05, 4.69) is 42.6 Å². The molecule has 2 aromatic rings. The lowest BCUT2D eigenvalue weighted by Gasteiger charge is -2.28. The third-order valence-corrected chi connectivity index (χ3v) is 6.34. The van der Waals surface area contributed by atoms with E-state index in [0.717, 1.165) is 38.6 Å². The summed E-state index contributed by atoms with van der Waals surface area (Å²) in [5.41, 5.74) is 4.48. The van der Waals surface area contributed by atoms with E-state index in [-0.39, 0.29) is 5.92 Å². The van der Waals surface area contributed by atoms with E-state index in [9.17, 15) is 4.79 Å². The average molecular weight is 335 g/mol. The number of carbonyl (C=O) groups excluding carboxylic acids is 1. The minimum atomic E-state index is 0.257. The van der Waals surface area contributed by atoms with Crippen molar-refractivity contribution >= 4 is 16.7 Å². The van der Waals surface area contributed by atoms with Crippen LogP contribution in [0.2, 0.25) is 0 Å². The van der Waals surface area contributed by atoms with Crippen molar-refractivity contribution in [3.8, 4) is 0 Å². The third kappa shape index (κ3) is 3.19. The lowest BCUT2D eigenvalue weighted by atomic mass is 9.79. The molecule has 2 aliphatic carbocycles. The second-order valence-corrected chi connectivity index (χ2v) is 7.82. The second kappa shape index (κ2) is 7.19. The smallest absolute Gasteiger partial charge is 0.223 e. The lowest BCUT2D eigenvalue weighted by Crippen LogP contribution is -2.35. The van der Waals surface area contributed by atoms with Gasteiger partial charge in [-0.1, -0.05) is 56.5 Å². The quantitative estimate of drug-likeness (QED) is 0.824. The van der Waals surface area contributed by atoms with Crippen LogP contribution < -0.4 is 5.32 Å². The zero-order valence-electron chi connectivity index (χ0n) is 15.3. The Morgan fingerprint density at radius 2 is 1.92 bits per heavy atom. The van der Waals surface area contributed by atoms with Gasteiger partial charge in [0.15, 0.2) is 0 Å². The van der Waals surface area contributed by atoms with Crippen LogP contribution in [0.15, 0.2) is 30.3 Å². The zero-order chi connectivity index (χ0) is 17.2. The van der Waals surface area contributed by atoms with E-state index in [1.807, 2.05) is 0 Å². The molecule has 2 nitrogen and oxygen atoms in total. The Bertz CT molecular complexity index is 773. The number of nitrogens with one attached hydrogen (secondary N) is 1. The molecule has 1 N–H and O–H groups in total. The van der Waals surface area contributed by atoms with Crippen molar-refractivity contribution in [2.24, 2.45) is 5.92 Å². The predicted molar refractivity (Wildman–Crippen MR) is 104 cm³/mol. The molecule has 25 heavy (non-hydrogen) atoms. The average Bonchev–Trinajstić information content (AvgIpc) is 2.68. The maximum Gasteiger partial charge on any atom is 0.223 e. The summed E-state index contributed by atoms with van der Waals surface area (Å²) in [6.07, 6.45) is 9.27. The van der Waals surface area contributed by atoms with Crippen LogP contribution in [0, 0.1) is 5.92 Å². The molecule has 1 fully saturated rings. The molecule has 0 aromatic heterocycles. The van der Waals surface area contributed by atoms with Gasteiger partial charge in [0.25, 0.3) is 0 Å². The first-order chi connectivity index (χ1) is 12.3. The Labute approximate surface area is 151 Å². The van der Waals surface area contributed by atoms with Gasteiger partial charge in [0.05, 0.1) is 0 Å². The van der Waals surface area contributed by atoms with E-state index < -0.39 is 0 Å². The molecule has 0 radical (unpaired) electrons. The summed E-state index contributed by atoms with van der Waals surface area (Å²) in [6.45, 7) is 3.04. The van der Waals surface area contributed by atoms with Gasteiger partial charge in [0.1, 0.15) is 0 Å². The van der Waals surface area contributed by atoms with Crippen LogP contribution in [-0.2, 0) is 17.6 Å². The SMILES string of the molecule is CCc1ccc2cccc3c2c1CCC3CNC(=O)C1CCCCC1. The maximum atomic E-state index is 12.5. The topological polar surface area (TPSA) is 29.1 Å². The van der Waals surface area contributed by atoms with E-state index in [1.165, 1.54) is 41.2 Å². The summed E-state index contributed by atoms with van der Waals surface area (Å²) in [5, 5.41) is 6.10. The number of rotatable bonds is 4. The first-order valence-corrected chi connectivity index (χ1v) is 10.1. The van der Waals surface area contributed by atoms with Crippen molar-refractivity contribution in [2.75, 3.05) is 6.54 Å². The van der Waals surface area contributed by atoms with Crippen LogP contribution >= 0.6 is 0 Å². The Morgan fingerprint density at radius 3 is 2.72 bits per heavy atom. The van der Waals surface area contributed by atoms with E-state index in [1.54, 1.807) is 5.56 Å². The van der Waals surface area contributed by atoms with Crippen molar-refractivity contribution < 1.29 is 4.79 Å². The molecule has 1 atom stereocenters. The van der Waals surface area contributed by atoms with Crippen LogP contribution in [-0.4, -0.2) is 12.5 Å². The molecule has 4 rings (SSSR count). The Kier molecular flexibility index (Phi) is 4.78. The molecule has 2 heteroatoms. The fraction of sp³-hybridized carbons (Fsp3) is 0.522. The van der Waals surface area contributed by atoms with E-state index in [0.29, 0.717) is 11.8 Å². The molecule has 0 aliphatic heterocycles. The Morgan fingerprint density at radius 1 is 1.08 bits per heavy atom. The molecular formula is C23H29NO. The number of benzene rings is 2. The van der Waals surface area contributed by atoms with Gasteiger partial charge < -0.3 is 5.32 Å². The van der Waals surface area contributed by atoms with Crippen LogP contribution in [0.5, 0.6) is 0 Å². The zero-order valence-corrected chi connectivity index (χ0v) is 15.3. The molecule has 2 aliphatic rings. The van der Waals surface area contributed by atoms with Gasteiger partial charge >= 0.3 is 0 Å². The van der Waals surface area contributed by atoms with Gasteiger partial charge in [-0.15, -0.1) is 0 Å². The van der Waals surface area contributed by atoms with Gasteiger partial charge in [-0.2, -0.15) is 0 Å². The highest BCUT2D eigenvalue weighted by atomic mass is 16.1. The monoisotopic (exact) mass is 335 g/mol. The van der Waals surface area contributed by atoms with Gasteiger partial charge in [-0.05, 0) is 59.6 Å². The summed E-state index contributed by atoms with van der Waals surface area (Å²) in [7, 11) is 0. The summed E-state index contributed by atoms with van der Waals surface area (Å²) < 4.78 is 0. The normalized spacial score (nSPS) is 20.6. The molecular weight excluding hydrogens is 306 g/mol. The summed E-state index contributed by atoms with van der Waals surface area (Å²) in [6, 6.07) is 11.2. The number of aryl methyl sites for hydroxylation is 2. The van der Waals surface area contributed by atoms with E-state index >= 15 is 0 Å². The number of carbonyl (C=O) groups is 1. The molecule has 2 aromatic carbocycles. The summed E-state index contributed by atoms with van der Waals surface area (Å²) in [5.74, 6) is 1.00.